The number of methoxy groups -OCH3 is 1. The van der Waals surface area contributed by atoms with Gasteiger partial charge in [0.25, 0.3) is 0 Å². The zero-order valence-corrected chi connectivity index (χ0v) is 20.9. The van der Waals surface area contributed by atoms with Crippen LogP contribution in [-0.2, 0) is 37.3 Å². The highest BCUT2D eigenvalue weighted by molar-refractivity contribution is 7.89. The lowest BCUT2D eigenvalue weighted by Gasteiger charge is -2.29. The van der Waals surface area contributed by atoms with Crippen LogP contribution in [0.3, 0.4) is 0 Å². The summed E-state index contributed by atoms with van der Waals surface area (Å²) in [4.78, 5) is 27.6. The van der Waals surface area contributed by atoms with Crippen molar-refractivity contribution in [3.63, 3.8) is 0 Å². The number of sulfonamides is 1. The monoisotopic (exact) mass is 489 g/mol. The Hall–Kier alpha value is -2.75. The zero-order chi connectivity index (χ0) is 25.0. The van der Waals surface area contributed by atoms with Crippen molar-refractivity contribution in [2.24, 2.45) is 0 Å². The summed E-state index contributed by atoms with van der Waals surface area (Å²) < 4.78 is 31.7. The smallest absolute Gasteiger partial charge is 0.242 e. The lowest BCUT2D eigenvalue weighted by molar-refractivity contribution is -0.140. The molecule has 0 radical (unpaired) electrons. The van der Waals surface area contributed by atoms with E-state index in [-0.39, 0.29) is 23.1 Å². The van der Waals surface area contributed by atoms with Gasteiger partial charge in [0.05, 0.1) is 4.90 Å². The van der Waals surface area contributed by atoms with Gasteiger partial charge in [-0.2, -0.15) is 0 Å². The number of hydrogen-bond acceptors (Lipinski definition) is 5. The summed E-state index contributed by atoms with van der Waals surface area (Å²) in [6, 6.07) is 15.4. The summed E-state index contributed by atoms with van der Waals surface area (Å²) >= 11 is 0. The molecule has 34 heavy (non-hydrogen) atoms. The number of benzene rings is 2. The quantitative estimate of drug-likeness (QED) is 0.397. The van der Waals surface area contributed by atoms with E-state index in [1.165, 1.54) is 12.1 Å². The Morgan fingerprint density at radius 2 is 1.71 bits per heavy atom. The highest BCUT2D eigenvalue weighted by Gasteiger charge is 2.25. The minimum atomic E-state index is -3.52. The van der Waals surface area contributed by atoms with Crippen molar-refractivity contribution < 1.29 is 22.7 Å². The van der Waals surface area contributed by atoms with Gasteiger partial charge in [-0.05, 0) is 43.0 Å². The number of nitrogens with one attached hydrogen (secondary N) is 2. The minimum Gasteiger partial charge on any atom is -0.385 e. The molecule has 2 aromatic carbocycles. The minimum absolute atomic E-state index is 0.146. The highest BCUT2D eigenvalue weighted by atomic mass is 32.2. The lowest BCUT2D eigenvalue weighted by atomic mass is 10.1. The largest absolute Gasteiger partial charge is 0.385 e. The molecule has 0 saturated heterocycles. The van der Waals surface area contributed by atoms with Gasteiger partial charge in [-0.1, -0.05) is 49.4 Å². The van der Waals surface area contributed by atoms with E-state index < -0.39 is 16.1 Å². The molecule has 0 spiro atoms. The van der Waals surface area contributed by atoms with Crippen molar-refractivity contribution in [3.8, 4) is 0 Å². The summed E-state index contributed by atoms with van der Waals surface area (Å²) in [6.07, 6.45) is 1.34. The standard InChI is InChI=1S/C25H35N3O5S/c1-4-27-34(31,32)23-14-11-21(12-15-23)13-16-24(29)28(19-22-9-6-5-7-10-22)20(2)25(30)26-17-8-18-33-3/h5-7,9-12,14-15,20,27H,4,8,13,16-19H2,1-3H3,(H,26,30)/t20-/m1/s1. The Morgan fingerprint density at radius 1 is 1.03 bits per heavy atom. The van der Waals surface area contributed by atoms with E-state index in [1.807, 2.05) is 30.3 Å². The Bertz CT molecular complexity index is 1010. The number of aryl methyl sites for hydroxylation is 1. The Labute approximate surface area is 202 Å². The molecule has 0 aliphatic heterocycles. The van der Waals surface area contributed by atoms with Crippen LogP contribution in [-0.4, -0.2) is 58.0 Å². The predicted octanol–water partition coefficient (Wildman–Crippen LogP) is 2.49. The third-order valence-corrected chi connectivity index (χ3v) is 6.94. The fraction of sp³-hybridized carbons (Fsp3) is 0.440. The van der Waals surface area contributed by atoms with Gasteiger partial charge in [0, 0.05) is 39.8 Å². The van der Waals surface area contributed by atoms with Crippen LogP contribution in [0.5, 0.6) is 0 Å². The molecule has 0 saturated carbocycles. The zero-order valence-electron chi connectivity index (χ0n) is 20.1. The summed E-state index contributed by atoms with van der Waals surface area (Å²) in [7, 11) is -1.91. The molecule has 0 fully saturated rings. The summed E-state index contributed by atoms with van der Waals surface area (Å²) in [5.74, 6) is -0.355. The first-order chi connectivity index (χ1) is 16.3. The van der Waals surface area contributed by atoms with E-state index in [2.05, 4.69) is 10.0 Å². The number of carbonyl (C=O) groups is 2. The van der Waals surface area contributed by atoms with Crippen LogP contribution in [0.25, 0.3) is 0 Å². The molecule has 0 aromatic heterocycles. The van der Waals surface area contributed by atoms with E-state index >= 15 is 0 Å². The maximum atomic E-state index is 13.2. The van der Waals surface area contributed by atoms with Crippen molar-refractivity contribution in [3.05, 3.63) is 65.7 Å². The number of carbonyl (C=O) groups excluding carboxylic acids is 2. The molecular weight excluding hydrogens is 454 g/mol. The van der Waals surface area contributed by atoms with Gasteiger partial charge in [0.1, 0.15) is 6.04 Å². The fourth-order valence-electron chi connectivity index (χ4n) is 3.44. The topological polar surface area (TPSA) is 105 Å². The predicted molar refractivity (Wildman–Crippen MR) is 132 cm³/mol. The average Bonchev–Trinajstić information content (AvgIpc) is 2.84. The third kappa shape index (κ3) is 8.55. The van der Waals surface area contributed by atoms with Crippen LogP contribution in [0, 0.1) is 0 Å². The molecule has 1 atom stereocenters. The summed E-state index contributed by atoms with van der Waals surface area (Å²) in [5, 5.41) is 2.87. The van der Waals surface area contributed by atoms with Crippen LogP contribution >= 0.6 is 0 Å². The second-order valence-electron chi connectivity index (χ2n) is 7.97. The molecule has 186 valence electrons. The van der Waals surface area contributed by atoms with Crippen LogP contribution in [0.4, 0.5) is 0 Å². The van der Waals surface area contributed by atoms with Gasteiger partial charge < -0.3 is 15.0 Å². The molecule has 0 bridgehead atoms. The molecule has 2 amide bonds. The van der Waals surface area contributed by atoms with Gasteiger partial charge in [-0.3, -0.25) is 9.59 Å². The van der Waals surface area contributed by atoms with E-state index in [1.54, 1.807) is 38.0 Å². The molecule has 0 unspecified atom stereocenters. The van der Waals surface area contributed by atoms with E-state index in [0.29, 0.717) is 39.1 Å². The number of nitrogens with zero attached hydrogens (tertiary/aromatic N) is 1. The fourth-order valence-corrected chi connectivity index (χ4v) is 4.48. The van der Waals surface area contributed by atoms with E-state index in [0.717, 1.165) is 11.1 Å². The van der Waals surface area contributed by atoms with Crippen LogP contribution < -0.4 is 10.0 Å². The van der Waals surface area contributed by atoms with Gasteiger partial charge in [-0.15, -0.1) is 0 Å². The van der Waals surface area contributed by atoms with Crippen molar-refractivity contribution in [2.45, 2.75) is 50.6 Å². The number of ether oxygens (including phenoxy) is 1. The van der Waals surface area contributed by atoms with Gasteiger partial charge in [0.2, 0.25) is 21.8 Å². The molecule has 0 heterocycles. The first kappa shape index (κ1) is 27.5. The molecule has 9 heteroatoms. The van der Waals surface area contributed by atoms with E-state index in [4.69, 9.17) is 4.74 Å². The lowest BCUT2D eigenvalue weighted by Crippen LogP contribution is -2.48. The third-order valence-electron chi connectivity index (χ3n) is 5.38. The van der Waals surface area contributed by atoms with Crippen LogP contribution in [0.2, 0.25) is 0 Å². The highest BCUT2D eigenvalue weighted by Crippen LogP contribution is 2.15. The van der Waals surface area contributed by atoms with Crippen molar-refractivity contribution in [1.29, 1.82) is 0 Å². The first-order valence-electron chi connectivity index (χ1n) is 11.5. The molecular formula is C25H35N3O5S. The van der Waals surface area contributed by atoms with Crippen molar-refractivity contribution in [2.75, 3.05) is 26.8 Å². The number of hydrogen-bond donors (Lipinski definition) is 2. The van der Waals surface area contributed by atoms with Crippen molar-refractivity contribution in [1.82, 2.24) is 14.9 Å². The molecule has 8 nitrogen and oxygen atoms in total. The normalized spacial score (nSPS) is 12.2. The molecule has 0 aliphatic carbocycles. The first-order valence-corrected chi connectivity index (χ1v) is 13.0. The summed E-state index contributed by atoms with van der Waals surface area (Å²) in [6.45, 7) is 5.12. The molecule has 0 aliphatic rings. The average molecular weight is 490 g/mol. The number of amides is 2. The van der Waals surface area contributed by atoms with Gasteiger partial charge in [-0.25, -0.2) is 13.1 Å². The summed E-state index contributed by atoms with van der Waals surface area (Å²) in [5.41, 5.74) is 1.79. The molecule has 2 rings (SSSR count). The Balaban J connectivity index is 2.06. The molecule has 2 aromatic rings. The Kier molecular flexibility index (Phi) is 11.2. The Morgan fingerprint density at radius 3 is 2.32 bits per heavy atom. The van der Waals surface area contributed by atoms with Gasteiger partial charge in [0.15, 0.2) is 0 Å². The maximum Gasteiger partial charge on any atom is 0.242 e. The van der Waals surface area contributed by atoms with E-state index in [9.17, 15) is 18.0 Å². The molecule has 2 N–H and O–H groups in total. The SMILES string of the molecule is CCNS(=O)(=O)c1ccc(CCC(=O)N(Cc2ccccc2)[C@H](C)C(=O)NCCCOC)cc1. The maximum absolute atomic E-state index is 13.2. The number of rotatable bonds is 14. The second kappa shape index (κ2) is 13.8. The van der Waals surface area contributed by atoms with Gasteiger partial charge >= 0.3 is 0 Å². The second-order valence-corrected chi connectivity index (χ2v) is 9.73. The van der Waals surface area contributed by atoms with Crippen LogP contribution in [0.15, 0.2) is 59.5 Å². The van der Waals surface area contributed by atoms with Crippen LogP contribution in [0.1, 0.15) is 37.8 Å². The van der Waals surface area contributed by atoms with Crippen molar-refractivity contribution >= 4 is 21.8 Å².